The van der Waals surface area contributed by atoms with Crippen LogP contribution >= 0.6 is 0 Å². The maximum Gasteiger partial charge on any atom is 0.332 e. The third kappa shape index (κ3) is 4.63. The molecule has 0 aromatic carbocycles. The molecule has 3 aliphatic heterocycles. The van der Waals surface area contributed by atoms with Crippen LogP contribution in [0.1, 0.15) is 47.8 Å². The van der Waals surface area contributed by atoms with Crippen molar-refractivity contribution in [2.75, 3.05) is 11.9 Å². The van der Waals surface area contributed by atoms with Gasteiger partial charge in [-0.15, -0.1) is 0 Å². The van der Waals surface area contributed by atoms with Crippen LogP contribution in [-0.4, -0.2) is 59.0 Å². The Bertz CT molecular complexity index is 1350. The first kappa shape index (κ1) is 28.5. The molecule has 11 nitrogen and oxygen atoms in total. The molecular formula is C23H39N3O8SSi2. The second kappa shape index (κ2) is 8.47. The van der Waals surface area contributed by atoms with Crippen LogP contribution in [0.25, 0.3) is 0 Å². The lowest BCUT2D eigenvalue weighted by atomic mass is 9.89. The highest BCUT2D eigenvalue weighted by molar-refractivity contribution is 7.90. The third-order valence-electron chi connectivity index (χ3n) is 8.52. The van der Waals surface area contributed by atoms with Gasteiger partial charge in [0.2, 0.25) is 0 Å². The average molecular weight is 574 g/mol. The number of aromatic amines is 1. The zero-order valence-corrected chi connectivity index (χ0v) is 26.0. The zero-order chi connectivity index (χ0) is 28.0. The quantitative estimate of drug-likeness (QED) is 0.402. The molecular weight excluding hydrogens is 535 g/mol. The lowest BCUT2D eigenvalue weighted by Gasteiger charge is -2.43. The minimum Gasteiger partial charge on any atom is -0.414 e. The van der Waals surface area contributed by atoms with Crippen molar-refractivity contribution in [3.8, 4) is 0 Å². The van der Waals surface area contributed by atoms with E-state index in [0.29, 0.717) is 0 Å². The number of anilines is 1. The summed E-state index contributed by atoms with van der Waals surface area (Å²) >= 11 is 0. The predicted molar refractivity (Wildman–Crippen MR) is 145 cm³/mol. The Morgan fingerprint density at radius 2 is 1.65 bits per heavy atom. The summed E-state index contributed by atoms with van der Waals surface area (Å²) in [5.74, 6) is 0.0974. The van der Waals surface area contributed by atoms with E-state index in [1.807, 2.05) is 13.1 Å². The van der Waals surface area contributed by atoms with E-state index in [2.05, 4.69) is 64.9 Å². The van der Waals surface area contributed by atoms with E-state index in [1.165, 1.54) is 10.6 Å². The fraction of sp³-hybridized carbons (Fsp3) is 0.739. The van der Waals surface area contributed by atoms with Gasteiger partial charge in [-0.1, -0.05) is 41.5 Å². The number of rotatable bonds is 5. The molecule has 4 atom stereocenters. The maximum atomic E-state index is 13.1. The van der Waals surface area contributed by atoms with Crippen molar-refractivity contribution >= 4 is 32.6 Å². The molecule has 37 heavy (non-hydrogen) atoms. The predicted octanol–water partition coefficient (Wildman–Crippen LogP) is 3.21. The normalized spacial score (nSPS) is 29.2. The van der Waals surface area contributed by atoms with Crippen LogP contribution in [0.2, 0.25) is 36.3 Å². The fourth-order valence-corrected chi connectivity index (χ4v) is 7.82. The second-order valence-corrected chi connectivity index (χ2v) is 24.1. The van der Waals surface area contributed by atoms with Crippen molar-refractivity contribution in [2.24, 2.45) is 0 Å². The van der Waals surface area contributed by atoms with Crippen molar-refractivity contribution in [2.45, 2.75) is 102 Å². The van der Waals surface area contributed by atoms with Gasteiger partial charge in [0, 0.05) is 6.07 Å². The van der Waals surface area contributed by atoms with Gasteiger partial charge in [0.25, 0.3) is 15.7 Å². The fourth-order valence-electron chi connectivity index (χ4n) is 4.28. The number of ether oxygens (including phenoxy) is 1. The summed E-state index contributed by atoms with van der Waals surface area (Å²) in [6.07, 6.45) is -3.00. The molecule has 1 unspecified atom stereocenters. The molecule has 0 radical (unpaired) electrons. The first-order valence-electron chi connectivity index (χ1n) is 12.4. The number of nitrogens with one attached hydrogen (secondary N) is 2. The van der Waals surface area contributed by atoms with Gasteiger partial charge in [-0.2, -0.15) is 8.42 Å². The summed E-state index contributed by atoms with van der Waals surface area (Å²) in [6, 6.07) is 1.19. The summed E-state index contributed by atoms with van der Waals surface area (Å²) < 4.78 is 52.8. The van der Waals surface area contributed by atoms with Gasteiger partial charge in [-0.25, -0.2) is 13.5 Å². The Labute approximate surface area is 219 Å². The molecule has 14 heteroatoms. The van der Waals surface area contributed by atoms with Crippen molar-refractivity contribution in [1.29, 1.82) is 0 Å². The number of aromatic nitrogens is 2. The SMILES string of the molecule is CC(C)(C)[Si](C)(C)OC[C@H]1O[C@@H]2[C@H](O[Si](C)(C)C(C)(C)C)C13OS(=O)(=O)C=C3Nc1cc(=O)[nH]c(=O)n12. The minimum absolute atomic E-state index is 0.0341. The summed E-state index contributed by atoms with van der Waals surface area (Å²) in [4.78, 5) is 27.5. The van der Waals surface area contributed by atoms with Gasteiger partial charge in [0.15, 0.2) is 28.5 Å². The van der Waals surface area contributed by atoms with E-state index in [4.69, 9.17) is 17.8 Å². The topological polar surface area (TPSA) is 138 Å². The Morgan fingerprint density at radius 1 is 1.05 bits per heavy atom. The van der Waals surface area contributed by atoms with Crippen molar-refractivity contribution in [3.63, 3.8) is 0 Å². The van der Waals surface area contributed by atoms with Crippen LogP contribution in [0.5, 0.6) is 0 Å². The highest BCUT2D eigenvalue weighted by Crippen LogP contribution is 2.54. The second-order valence-electron chi connectivity index (χ2n) is 13.1. The van der Waals surface area contributed by atoms with E-state index < -0.39 is 62.0 Å². The van der Waals surface area contributed by atoms with Gasteiger partial charge in [-0.05, 0) is 36.3 Å². The minimum atomic E-state index is -4.14. The number of H-pyrrole nitrogens is 1. The Hall–Kier alpha value is -1.56. The Kier molecular flexibility index (Phi) is 6.51. The summed E-state index contributed by atoms with van der Waals surface area (Å²) in [5, 5.41) is 3.65. The molecule has 1 spiro atoms. The molecule has 3 aliphatic rings. The van der Waals surface area contributed by atoms with Crippen LogP contribution in [0.15, 0.2) is 26.8 Å². The molecule has 0 saturated carbocycles. The largest absolute Gasteiger partial charge is 0.414 e. The van der Waals surface area contributed by atoms with Crippen LogP contribution in [0.3, 0.4) is 0 Å². The smallest absolute Gasteiger partial charge is 0.332 e. The molecule has 1 fully saturated rings. The van der Waals surface area contributed by atoms with Crippen LogP contribution < -0.4 is 16.6 Å². The Morgan fingerprint density at radius 3 is 2.22 bits per heavy atom. The summed E-state index contributed by atoms with van der Waals surface area (Å²) in [5.41, 5.74) is -2.81. The average Bonchev–Trinajstić information content (AvgIpc) is 3.07. The van der Waals surface area contributed by atoms with E-state index in [0.717, 1.165) is 5.41 Å². The van der Waals surface area contributed by atoms with Crippen molar-refractivity contribution in [3.05, 3.63) is 38.0 Å². The first-order chi connectivity index (χ1) is 16.6. The van der Waals surface area contributed by atoms with Gasteiger partial charge >= 0.3 is 5.69 Å². The van der Waals surface area contributed by atoms with Crippen molar-refractivity contribution in [1.82, 2.24) is 9.55 Å². The van der Waals surface area contributed by atoms with Gasteiger partial charge in [0.05, 0.1) is 17.7 Å². The Balaban J connectivity index is 1.92. The highest BCUT2D eigenvalue weighted by atomic mass is 32.2. The summed E-state index contributed by atoms with van der Waals surface area (Å²) in [7, 11) is -8.98. The highest BCUT2D eigenvalue weighted by Gasteiger charge is 2.69. The molecule has 4 heterocycles. The lowest BCUT2D eigenvalue weighted by molar-refractivity contribution is -0.0571. The van der Waals surface area contributed by atoms with Crippen molar-refractivity contribution < 1.29 is 26.2 Å². The van der Waals surface area contributed by atoms with E-state index in [1.54, 1.807) is 0 Å². The molecule has 208 valence electrons. The van der Waals surface area contributed by atoms with E-state index in [9.17, 15) is 18.0 Å². The molecule has 2 N–H and O–H groups in total. The zero-order valence-electron chi connectivity index (χ0n) is 23.2. The van der Waals surface area contributed by atoms with Crippen LogP contribution in [0.4, 0.5) is 5.82 Å². The molecule has 1 saturated heterocycles. The molecule has 0 amide bonds. The monoisotopic (exact) mass is 573 g/mol. The molecule has 2 bridgehead atoms. The standard InChI is InChI=1S/C23H39N3O8SSi2/c1-21(2,3)36(7,8)31-12-15-23-14(13-35(29,30)34-23)24-16-11-17(27)25-20(28)26(16)19(32-15)18(23)33-37(9,10)22(4,5)6/h11,13,15,18-19,24H,12H2,1-10H3,(H,25,27,28)/t15-,18+,19-,23?/m1/s1. The molecule has 1 aromatic heterocycles. The number of hydrogen-bond acceptors (Lipinski definition) is 9. The number of hydrogen-bond donors (Lipinski definition) is 2. The molecule has 0 aliphatic carbocycles. The number of fused-ring (bicyclic) bond motifs is 3. The lowest BCUT2D eigenvalue weighted by Crippen LogP contribution is -2.58. The maximum absolute atomic E-state index is 13.1. The van der Waals surface area contributed by atoms with Crippen LogP contribution in [-0.2, 0) is 27.9 Å². The molecule has 1 aromatic rings. The summed E-state index contributed by atoms with van der Waals surface area (Å²) in [6.45, 7) is 20.8. The van der Waals surface area contributed by atoms with Gasteiger partial charge < -0.3 is 18.9 Å². The van der Waals surface area contributed by atoms with Gasteiger partial charge in [0.1, 0.15) is 18.0 Å². The number of nitrogens with zero attached hydrogens (tertiary/aromatic N) is 1. The van der Waals surface area contributed by atoms with E-state index in [-0.39, 0.29) is 28.2 Å². The van der Waals surface area contributed by atoms with E-state index >= 15 is 0 Å². The van der Waals surface area contributed by atoms with Gasteiger partial charge in [-0.3, -0.25) is 9.78 Å². The van der Waals surface area contributed by atoms with Crippen LogP contribution in [0, 0.1) is 0 Å². The molecule has 4 rings (SSSR count). The third-order valence-corrected chi connectivity index (χ3v) is 18.5. The first-order valence-corrected chi connectivity index (χ1v) is 19.7.